The van der Waals surface area contributed by atoms with E-state index in [1.807, 2.05) is 12.1 Å². The number of carbonyl (C=O) groups is 1. The number of pyridine rings is 1. The van der Waals surface area contributed by atoms with Crippen molar-refractivity contribution in [2.75, 3.05) is 5.32 Å². The fourth-order valence-corrected chi connectivity index (χ4v) is 3.13. The van der Waals surface area contributed by atoms with Gasteiger partial charge in [-0.3, -0.25) is 9.78 Å². The molecule has 4 nitrogen and oxygen atoms in total. The molecular weight excluding hydrogens is 393 g/mol. The molecule has 0 aliphatic heterocycles. The van der Waals surface area contributed by atoms with Crippen LogP contribution in [0.5, 0.6) is 0 Å². The van der Waals surface area contributed by atoms with E-state index in [2.05, 4.69) is 10.3 Å². The van der Waals surface area contributed by atoms with Gasteiger partial charge in [-0.15, -0.1) is 0 Å². The van der Waals surface area contributed by atoms with Crippen molar-refractivity contribution in [3.63, 3.8) is 0 Å². The summed E-state index contributed by atoms with van der Waals surface area (Å²) in [5.74, 6) is -0.357. The van der Waals surface area contributed by atoms with Crippen LogP contribution in [0.2, 0.25) is 0 Å². The maximum Gasteiger partial charge on any atom is 0.409 e. The number of nitrogens with one attached hydrogen (secondary N) is 1. The van der Waals surface area contributed by atoms with Crippen molar-refractivity contribution in [2.24, 2.45) is 0 Å². The third-order valence-electron chi connectivity index (χ3n) is 4.49. The molecule has 1 aromatic heterocycles. The molecule has 0 radical (unpaired) electrons. The van der Waals surface area contributed by atoms with Crippen molar-refractivity contribution < 1.29 is 23.1 Å². The number of amides is 1. The van der Waals surface area contributed by atoms with Gasteiger partial charge in [0.1, 0.15) is 0 Å². The number of rotatable bonds is 5. The Labute approximate surface area is 172 Å². The van der Waals surface area contributed by atoms with Gasteiger partial charge in [0.15, 0.2) is 0 Å². The monoisotopic (exact) mass is 414 g/mol. The van der Waals surface area contributed by atoms with Gasteiger partial charge in [0.05, 0.1) is 11.6 Å². The lowest BCUT2D eigenvalue weighted by atomic mass is 10.0. The molecule has 1 unspecified atom stereocenters. The van der Waals surface area contributed by atoms with E-state index >= 15 is 0 Å². The topological polar surface area (TPSA) is 62.2 Å². The molecular formula is C23H21F3N2O2. The van der Waals surface area contributed by atoms with Gasteiger partial charge >= 0.3 is 6.18 Å². The number of aliphatic hydroxyl groups is 1. The van der Waals surface area contributed by atoms with E-state index < -0.39 is 12.3 Å². The number of anilines is 1. The van der Waals surface area contributed by atoms with Crippen LogP contribution in [0, 0.1) is 6.92 Å². The van der Waals surface area contributed by atoms with E-state index in [-0.39, 0.29) is 12.0 Å². The minimum atomic E-state index is -4.38. The van der Waals surface area contributed by atoms with Crippen molar-refractivity contribution in [3.05, 3.63) is 77.0 Å². The van der Waals surface area contributed by atoms with Gasteiger partial charge < -0.3 is 10.4 Å². The predicted octanol–water partition coefficient (Wildman–Crippen LogP) is 5.29. The molecule has 2 N–H and O–H groups in total. The highest BCUT2D eigenvalue weighted by atomic mass is 19.4. The van der Waals surface area contributed by atoms with Crippen LogP contribution in [-0.2, 0) is 6.42 Å². The maximum atomic E-state index is 12.6. The molecule has 0 aliphatic rings. The molecule has 0 saturated carbocycles. The first-order chi connectivity index (χ1) is 14.1. The Kier molecular flexibility index (Phi) is 6.22. The van der Waals surface area contributed by atoms with Gasteiger partial charge in [-0.25, -0.2) is 0 Å². The standard InChI is InChI=1S/C23H21F3N2O2/c1-14-9-16(7-8-23(24,25)26)3-6-20(14)22(30)28-19-5-4-18-11-17(10-15(2)29)13-27-21(18)12-19/h3-9,11-13,15,29H,10H2,1-2H3,(H,28,30). The highest BCUT2D eigenvalue weighted by Gasteiger charge is 2.21. The minimum absolute atomic E-state index is 0.163. The third-order valence-corrected chi connectivity index (χ3v) is 4.49. The summed E-state index contributed by atoms with van der Waals surface area (Å²) in [6.07, 6.45) is -1.51. The van der Waals surface area contributed by atoms with Crippen LogP contribution in [0.1, 0.15) is 34.0 Å². The number of aryl methyl sites for hydroxylation is 1. The number of benzene rings is 2. The van der Waals surface area contributed by atoms with Crippen LogP contribution in [0.15, 0.2) is 54.7 Å². The highest BCUT2D eigenvalue weighted by Crippen LogP contribution is 2.22. The molecule has 7 heteroatoms. The summed E-state index contributed by atoms with van der Waals surface area (Å²) < 4.78 is 36.9. The van der Waals surface area contributed by atoms with Gasteiger partial charge in [-0.05, 0) is 61.2 Å². The summed E-state index contributed by atoms with van der Waals surface area (Å²) in [6, 6.07) is 11.8. The molecule has 1 amide bonds. The zero-order valence-corrected chi connectivity index (χ0v) is 16.5. The zero-order valence-electron chi connectivity index (χ0n) is 16.5. The van der Waals surface area contributed by atoms with Crippen LogP contribution in [0.25, 0.3) is 17.0 Å². The number of hydrogen-bond donors (Lipinski definition) is 2. The zero-order chi connectivity index (χ0) is 21.9. The van der Waals surface area contributed by atoms with Crippen LogP contribution in [0.4, 0.5) is 18.9 Å². The number of halogens is 3. The second-order valence-electron chi connectivity index (χ2n) is 7.21. The molecule has 0 aliphatic carbocycles. The average Bonchev–Trinajstić information content (AvgIpc) is 2.65. The molecule has 156 valence electrons. The third kappa shape index (κ3) is 5.67. The van der Waals surface area contributed by atoms with Crippen molar-refractivity contribution in [1.82, 2.24) is 4.98 Å². The van der Waals surface area contributed by atoms with Gasteiger partial charge in [-0.1, -0.05) is 24.3 Å². The molecule has 1 heterocycles. The molecule has 3 rings (SSSR count). The summed E-state index contributed by atoms with van der Waals surface area (Å²) in [4.78, 5) is 17.0. The quantitative estimate of drug-likeness (QED) is 0.596. The SMILES string of the molecule is Cc1cc(C=CC(F)(F)F)ccc1C(=O)Nc1ccc2cc(CC(C)O)cnc2c1. The number of aliphatic hydroxyl groups excluding tert-OH is 1. The summed E-state index contributed by atoms with van der Waals surface area (Å²) in [5, 5.41) is 13.2. The molecule has 0 saturated heterocycles. The van der Waals surface area contributed by atoms with E-state index in [1.165, 1.54) is 18.2 Å². The number of fused-ring (bicyclic) bond motifs is 1. The Morgan fingerprint density at radius 1 is 1.20 bits per heavy atom. The number of aromatic nitrogens is 1. The van der Waals surface area contributed by atoms with Crippen LogP contribution in [0.3, 0.4) is 0 Å². The highest BCUT2D eigenvalue weighted by molar-refractivity contribution is 6.06. The van der Waals surface area contributed by atoms with Crippen molar-refractivity contribution in [3.8, 4) is 0 Å². The summed E-state index contributed by atoms with van der Waals surface area (Å²) in [6.45, 7) is 3.38. The second-order valence-corrected chi connectivity index (χ2v) is 7.21. The van der Waals surface area contributed by atoms with Crippen molar-refractivity contribution >= 4 is 28.6 Å². The molecule has 0 spiro atoms. The van der Waals surface area contributed by atoms with E-state index in [0.29, 0.717) is 34.3 Å². The first kappa shape index (κ1) is 21.5. The van der Waals surface area contributed by atoms with Gasteiger partial charge in [0.2, 0.25) is 0 Å². The van der Waals surface area contributed by atoms with Crippen LogP contribution in [-0.4, -0.2) is 28.3 Å². The Bertz CT molecular complexity index is 1110. The van der Waals surface area contributed by atoms with Gasteiger partial charge in [0, 0.05) is 28.9 Å². The fourth-order valence-electron chi connectivity index (χ4n) is 3.13. The lowest BCUT2D eigenvalue weighted by Crippen LogP contribution is -2.13. The van der Waals surface area contributed by atoms with Gasteiger partial charge in [0.25, 0.3) is 5.91 Å². The molecule has 1 atom stereocenters. The van der Waals surface area contributed by atoms with E-state index in [1.54, 1.807) is 32.2 Å². The molecule has 30 heavy (non-hydrogen) atoms. The van der Waals surface area contributed by atoms with E-state index in [9.17, 15) is 23.1 Å². The summed E-state index contributed by atoms with van der Waals surface area (Å²) in [7, 11) is 0. The predicted molar refractivity (Wildman–Crippen MR) is 111 cm³/mol. The molecule has 2 aromatic carbocycles. The van der Waals surface area contributed by atoms with E-state index in [4.69, 9.17) is 0 Å². The van der Waals surface area contributed by atoms with Crippen molar-refractivity contribution in [1.29, 1.82) is 0 Å². The Morgan fingerprint density at radius 2 is 1.97 bits per heavy atom. The number of alkyl halides is 3. The average molecular weight is 414 g/mol. The lowest BCUT2D eigenvalue weighted by molar-refractivity contribution is -0.0790. The number of hydrogen-bond acceptors (Lipinski definition) is 3. The van der Waals surface area contributed by atoms with Gasteiger partial charge in [-0.2, -0.15) is 13.2 Å². The van der Waals surface area contributed by atoms with Crippen molar-refractivity contribution in [2.45, 2.75) is 32.5 Å². The number of allylic oxidation sites excluding steroid dienone is 1. The second kappa shape index (κ2) is 8.67. The minimum Gasteiger partial charge on any atom is -0.393 e. The molecule has 3 aromatic rings. The summed E-state index contributed by atoms with van der Waals surface area (Å²) in [5.41, 5.74) is 3.49. The Hall–Kier alpha value is -3.19. The smallest absolute Gasteiger partial charge is 0.393 e. The normalized spacial score (nSPS) is 13.0. The molecule has 0 fully saturated rings. The molecule has 0 bridgehead atoms. The fraction of sp³-hybridized carbons (Fsp3) is 0.217. The Morgan fingerprint density at radius 3 is 2.63 bits per heavy atom. The maximum absolute atomic E-state index is 12.6. The number of nitrogens with zero attached hydrogens (tertiary/aromatic N) is 1. The first-order valence-electron chi connectivity index (χ1n) is 9.35. The number of carbonyl (C=O) groups excluding carboxylic acids is 1. The van der Waals surface area contributed by atoms with E-state index in [0.717, 1.165) is 17.0 Å². The van der Waals surface area contributed by atoms with Crippen LogP contribution < -0.4 is 5.32 Å². The first-order valence-corrected chi connectivity index (χ1v) is 9.35. The summed E-state index contributed by atoms with van der Waals surface area (Å²) >= 11 is 0. The lowest BCUT2D eigenvalue weighted by Gasteiger charge is -2.10. The largest absolute Gasteiger partial charge is 0.409 e. The van der Waals surface area contributed by atoms with Crippen LogP contribution >= 0.6 is 0 Å². The Balaban J connectivity index is 1.76.